The molecule has 120 valence electrons. The molecular weight excluding hydrogens is 344 g/mol. The minimum atomic E-state index is -0.172. The molecule has 0 radical (unpaired) electrons. The van der Waals surface area contributed by atoms with E-state index in [4.69, 9.17) is 0 Å². The van der Waals surface area contributed by atoms with Crippen molar-refractivity contribution in [3.8, 4) is 0 Å². The Morgan fingerprint density at radius 2 is 1.71 bits per heavy atom. The molecule has 0 aliphatic rings. The van der Waals surface area contributed by atoms with Crippen LogP contribution >= 0.6 is 27.7 Å². The van der Waals surface area contributed by atoms with Gasteiger partial charge >= 0.3 is 0 Å². The molecule has 0 saturated carbocycles. The molecule has 0 aromatic heterocycles. The van der Waals surface area contributed by atoms with Crippen molar-refractivity contribution < 1.29 is 5.11 Å². The third-order valence-corrected chi connectivity index (χ3v) is 5.26. The maximum Gasteiger partial charge on any atom is 0.0634 e. The standard InChI is InChI=1S/C18H29BrOS/c1-2-3-4-5-6-7-8-9-12-17(20)15-21-18-13-10-11-16(19)14-18/h10-11,13-14,17,20H,2-9,12,15H2,1H3. The molecule has 1 rings (SSSR count). The monoisotopic (exact) mass is 372 g/mol. The highest BCUT2D eigenvalue weighted by Crippen LogP contribution is 2.23. The van der Waals surface area contributed by atoms with Gasteiger partial charge in [-0.2, -0.15) is 0 Å². The Balaban J connectivity index is 1.97. The van der Waals surface area contributed by atoms with Crippen LogP contribution in [0.25, 0.3) is 0 Å². The van der Waals surface area contributed by atoms with Crippen molar-refractivity contribution in [3.63, 3.8) is 0 Å². The van der Waals surface area contributed by atoms with E-state index in [1.165, 1.54) is 49.8 Å². The van der Waals surface area contributed by atoms with Crippen LogP contribution in [0.4, 0.5) is 0 Å². The van der Waals surface area contributed by atoms with E-state index >= 15 is 0 Å². The summed E-state index contributed by atoms with van der Waals surface area (Å²) in [5.41, 5.74) is 0. The van der Waals surface area contributed by atoms with Crippen molar-refractivity contribution in [2.45, 2.75) is 75.7 Å². The lowest BCUT2D eigenvalue weighted by atomic mass is 10.1. The van der Waals surface area contributed by atoms with Crippen molar-refractivity contribution in [1.82, 2.24) is 0 Å². The van der Waals surface area contributed by atoms with Crippen molar-refractivity contribution in [2.75, 3.05) is 5.75 Å². The highest BCUT2D eigenvalue weighted by molar-refractivity contribution is 9.10. The predicted molar refractivity (Wildman–Crippen MR) is 98.1 cm³/mol. The highest BCUT2D eigenvalue weighted by Gasteiger charge is 2.05. The maximum absolute atomic E-state index is 10.0. The van der Waals surface area contributed by atoms with Gasteiger partial charge in [0.1, 0.15) is 0 Å². The van der Waals surface area contributed by atoms with Crippen LogP contribution in [-0.4, -0.2) is 17.0 Å². The predicted octanol–water partition coefficient (Wildman–Crippen LogP) is 6.43. The Morgan fingerprint density at radius 1 is 1.05 bits per heavy atom. The summed E-state index contributed by atoms with van der Waals surface area (Å²) in [6.07, 6.45) is 11.4. The first-order chi connectivity index (χ1) is 10.2. The van der Waals surface area contributed by atoms with E-state index in [9.17, 15) is 5.11 Å². The van der Waals surface area contributed by atoms with Gasteiger partial charge in [0, 0.05) is 15.1 Å². The van der Waals surface area contributed by atoms with E-state index in [-0.39, 0.29) is 6.10 Å². The van der Waals surface area contributed by atoms with Crippen molar-refractivity contribution in [1.29, 1.82) is 0 Å². The summed E-state index contributed by atoms with van der Waals surface area (Å²) in [6.45, 7) is 2.26. The van der Waals surface area contributed by atoms with Crippen LogP contribution < -0.4 is 0 Å². The molecular formula is C18H29BrOS. The number of benzene rings is 1. The van der Waals surface area contributed by atoms with E-state index in [1.54, 1.807) is 11.8 Å². The number of hydrogen-bond donors (Lipinski definition) is 1. The zero-order valence-electron chi connectivity index (χ0n) is 13.2. The van der Waals surface area contributed by atoms with E-state index in [0.29, 0.717) is 0 Å². The third-order valence-electron chi connectivity index (χ3n) is 3.63. The van der Waals surface area contributed by atoms with Crippen LogP contribution in [0.2, 0.25) is 0 Å². The van der Waals surface area contributed by atoms with Gasteiger partial charge in [-0.25, -0.2) is 0 Å². The third kappa shape index (κ3) is 10.4. The Hall–Kier alpha value is 0.01000. The fourth-order valence-corrected chi connectivity index (χ4v) is 3.83. The number of unbranched alkanes of at least 4 members (excludes halogenated alkanes) is 7. The summed E-state index contributed by atoms with van der Waals surface area (Å²) >= 11 is 5.21. The average Bonchev–Trinajstić information content (AvgIpc) is 2.48. The molecule has 0 fully saturated rings. The molecule has 0 amide bonds. The molecule has 1 aromatic rings. The van der Waals surface area contributed by atoms with E-state index in [0.717, 1.165) is 23.1 Å². The summed E-state index contributed by atoms with van der Waals surface area (Å²) in [6, 6.07) is 8.27. The first-order valence-corrected chi connectivity index (χ1v) is 10.1. The number of aliphatic hydroxyl groups excluding tert-OH is 1. The molecule has 0 aliphatic heterocycles. The second kappa shape index (κ2) is 12.5. The van der Waals surface area contributed by atoms with Gasteiger partial charge < -0.3 is 5.11 Å². The molecule has 0 aliphatic carbocycles. The lowest BCUT2D eigenvalue weighted by Gasteiger charge is -2.10. The topological polar surface area (TPSA) is 20.2 Å². The summed E-state index contributed by atoms with van der Waals surface area (Å²) < 4.78 is 1.10. The Kier molecular flexibility index (Phi) is 11.4. The number of halogens is 1. The van der Waals surface area contributed by atoms with Gasteiger partial charge in [-0.05, 0) is 24.6 Å². The van der Waals surface area contributed by atoms with E-state index < -0.39 is 0 Å². The van der Waals surface area contributed by atoms with Crippen LogP contribution in [0.1, 0.15) is 64.7 Å². The molecule has 0 spiro atoms. The Labute approximate surface area is 143 Å². The van der Waals surface area contributed by atoms with Crippen LogP contribution in [0.3, 0.4) is 0 Å². The van der Waals surface area contributed by atoms with E-state index in [2.05, 4.69) is 35.0 Å². The SMILES string of the molecule is CCCCCCCCCCC(O)CSc1cccc(Br)c1. The molecule has 3 heteroatoms. The minimum Gasteiger partial charge on any atom is -0.392 e. The van der Waals surface area contributed by atoms with Crippen molar-refractivity contribution in [3.05, 3.63) is 28.7 Å². The first kappa shape index (κ1) is 19.1. The maximum atomic E-state index is 10.0. The highest BCUT2D eigenvalue weighted by atomic mass is 79.9. The number of rotatable bonds is 12. The molecule has 0 saturated heterocycles. The van der Waals surface area contributed by atoms with Crippen LogP contribution in [0.15, 0.2) is 33.6 Å². The lowest BCUT2D eigenvalue weighted by Crippen LogP contribution is -2.09. The molecule has 0 bridgehead atoms. The van der Waals surface area contributed by atoms with Crippen molar-refractivity contribution >= 4 is 27.7 Å². The Morgan fingerprint density at radius 3 is 2.38 bits per heavy atom. The quantitative estimate of drug-likeness (QED) is 0.336. The number of hydrogen-bond acceptors (Lipinski definition) is 2. The fraction of sp³-hybridized carbons (Fsp3) is 0.667. The summed E-state index contributed by atoms with van der Waals surface area (Å²) in [5.74, 6) is 0.799. The van der Waals surface area contributed by atoms with Gasteiger partial charge in [0.15, 0.2) is 0 Å². The van der Waals surface area contributed by atoms with Gasteiger partial charge in [0.2, 0.25) is 0 Å². The number of aliphatic hydroxyl groups is 1. The van der Waals surface area contributed by atoms with Crippen molar-refractivity contribution in [2.24, 2.45) is 0 Å². The minimum absolute atomic E-state index is 0.172. The number of thioether (sulfide) groups is 1. The van der Waals surface area contributed by atoms with Crippen LogP contribution in [-0.2, 0) is 0 Å². The second-order valence-corrected chi connectivity index (χ2v) is 7.69. The largest absolute Gasteiger partial charge is 0.392 e. The lowest BCUT2D eigenvalue weighted by molar-refractivity contribution is 0.185. The van der Waals surface area contributed by atoms with Crippen LogP contribution in [0, 0.1) is 0 Å². The van der Waals surface area contributed by atoms with Gasteiger partial charge in [-0.15, -0.1) is 11.8 Å². The summed E-state index contributed by atoms with van der Waals surface area (Å²) in [5, 5.41) is 10.0. The van der Waals surface area contributed by atoms with Gasteiger partial charge in [0.05, 0.1) is 6.10 Å². The first-order valence-electron chi connectivity index (χ1n) is 8.28. The van der Waals surface area contributed by atoms with Crippen LogP contribution in [0.5, 0.6) is 0 Å². The molecule has 1 N–H and O–H groups in total. The molecule has 1 aromatic carbocycles. The van der Waals surface area contributed by atoms with Gasteiger partial charge in [0.25, 0.3) is 0 Å². The molecule has 1 nitrogen and oxygen atoms in total. The molecule has 21 heavy (non-hydrogen) atoms. The van der Waals surface area contributed by atoms with Gasteiger partial charge in [-0.3, -0.25) is 0 Å². The fourth-order valence-electron chi connectivity index (χ4n) is 2.35. The summed E-state index contributed by atoms with van der Waals surface area (Å²) in [7, 11) is 0. The second-order valence-electron chi connectivity index (χ2n) is 5.69. The molecule has 0 heterocycles. The average molecular weight is 373 g/mol. The van der Waals surface area contributed by atoms with E-state index in [1.807, 2.05) is 12.1 Å². The molecule has 1 unspecified atom stereocenters. The normalized spacial score (nSPS) is 12.5. The zero-order valence-corrected chi connectivity index (χ0v) is 15.6. The summed E-state index contributed by atoms with van der Waals surface area (Å²) in [4.78, 5) is 1.22. The Bertz CT molecular complexity index is 370. The molecule has 1 atom stereocenters. The smallest absolute Gasteiger partial charge is 0.0634 e. The zero-order chi connectivity index (χ0) is 15.3. The van der Waals surface area contributed by atoms with Gasteiger partial charge in [-0.1, -0.05) is 80.3 Å².